The first kappa shape index (κ1) is 21.1. The summed E-state index contributed by atoms with van der Waals surface area (Å²) in [7, 11) is 0. The minimum absolute atomic E-state index is 0.220. The van der Waals surface area contributed by atoms with E-state index in [9.17, 15) is 4.79 Å². The number of nitrogens with two attached hydrogens (primary N) is 1. The predicted molar refractivity (Wildman–Crippen MR) is 120 cm³/mol. The summed E-state index contributed by atoms with van der Waals surface area (Å²) in [5, 5.41) is 3.04. The van der Waals surface area contributed by atoms with Gasteiger partial charge in [-0.3, -0.25) is 4.79 Å². The number of hydrogen-bond donors (Lipinski definition) is 2. The maximum atomic E-state index is 13.1. The Morgan fingerprint density at radius 2 is 1.97 bits per heavy atom. The molecule has 0 unspecified atom stereocenters. The van der Waals surface area contributed by atoms with Crippen LogP contribution in [0.2, 0.25) is 0 Å². The van der Waals surface area contributed by atoms with Crippen molar-refractivity contribution in [3.8, 4) is 5.75 Å². The Morgan fingerprint density at radius 1 is 1.26 bits per heavy atom. The number of nitrogens with one attached hydrogen (secondary N) is 1. The Kier molecular flexibility index (Phi) is 5.82. The van der Waals surface area contributed by atoms with Crippen LogP contribution in [0.3, 0.4) is 0 Å². The van der Waals surface area contributed by atoms with Gasteiger partial charge >= 0.3 is 0 Å². The molecular weight excluding hydrogens is 394 g/mol. The Bertz CT molecular complexity index is 986. The minimum atomic E-state index is -0.353. The molecule has 0 aliphatic carbocycles. The minimum Gasteiger partial charge on any atom is -0.487 e. The summed E-state index contributed by atoms with van der Waals surface area (Å²) in [6.07, 6.45) is 5.19. The highest BCUT2D eigenvalue weighted by Crippen LogP contribution is 2.44. The fraction of sp³-hybridized carbons (Fsp3) is 0.435. The molecule has 164 valence electrons. The van der Waals surface area contributed by atoms with Gasteiger partial charge in [-0.1, -0.05) is 13.8 Å². The van der Waals surface area contributed by atoms with Crippen LogP contribution in [0.25, 0.3) is 5.57 Å². The first-order valence-corrected chi connectivity index (χ1v) is 10.6. The standard InChI is InChI=1S/C23H29N5O3/c1-15(2)23(3)13-16-11-18(19(12-20(16)31-23)28-7-9-30-10-8-28)27-22(29)17(14-24)21-25-5-4-6-26-21/h4-6,11-12,14-15H,7-10,13,24H2,1-3H3,(H,27,29)/t23-/m1/s1. The summed E-state index contributed by atoms with van der Waals surface area (Å²) in [6.45, 7) is 9.22. The average molecular weight is 424 g/mol. The van der Waals surface area contributed by atoms with Crippen LogP contribution in [0.4, 0.5) is 11.4 Å². The molecule has 8 nitrogen and oxygen atoms in total. The van der Waals surface area contributed by atoms with Crippen molar-refractivity contribution >= 4 is 22.9 Å². The molecule has 1 aromatic heterocycles. The molecule has 31 heavy (non-hydrogen) atoms. The number of aromatic nitrogens is 2. The Labute approximate surface area is 182 Å². The maximum absolute atomic E-state index is 13.1. The molecule has 1 amide bonds. The normalized spacial score (nSPS) is 21.0. The molecule has 3 heterocycles. The van der Waals surface area contributed by atoms with E-state index in [0.717, 1.165) is 42.2 Å². The summed E-state index contributed by atoms with van der Waals surface area (Å²) >= 11 is 0. The van der Waals surface area contributed by atoms with E-state index in [1.165, 1.54) is 6.20 Å². The number of amides is 1. The zero-order valence-corrected chi connectivity index (χ0v) is 18.2. The van der Waals surface area contributed by atoms with Crippen LogP contribution in [-0.4, -0.2) is 47.8 Å². The van der Waals surface area contributed by atoms with E-state index in [-0.39, 0.29) is 22.9 Å². The number of benzene rings is 1. The van der Waals surface area contributed by atoms with E-state index in [4.69, 9.17) is 15.2 Å². The van der Waals surface area contributed by atoms with Crippen molar-refractivity contribution in [2.24, 2.45) is 11.7 Å². The molecular formula is C23H29N5O3. The van der Waals surface area contributed by atoms with E-state index in [1.807, 2.05) is 12.1 Å². The SMILES string of the molecule is CC(C)[C@@]1(C)Cc2cc(NC(=O)C(=CN)c3ncccn3)c(N3CCOCC3)cc2O1. The third kappa shape index (κ3) is 4.20. The second-order valence-corrected chi connectivity index (χ2v) is 8.43. The van der Waals surface area contributed by atoms with Crippen molar-refractivity contribution < 1.29 is 14.3 Å². The smallest absolute Gasteiger partial charge is 0.261 e. The summed E-state index contributed by atoms with van der Waals surface area (Å²) in [6, 6.07) is 5.75. The fourth-order valence-corrected chi connectivity index (χ4v) is 3.88. The number of fused-ring (bicyclic) bond motifs is 1. The van der Waals surface area contributed by atoms with Gasteiger partial charge in [0.1, 0.15) is 11.4 Å². The van der Waals surface area contributed by atoms with Gasteiger partial charge in [-0.05, 0) is 25.0 Å². The third-order valence-electron chi connectivity index (χ3n) is 6.10. The molecule has 0 radical (unpaired) electrons. The Balaban J connectivity index is 1.68. The van der Waals surface area contributed by atoms with Gasteiger partial charge < -0.3 is 25.4 Å². The van der Waals surface area contributed by atoms with Crippen LogP contribution in [0.15, 0.2) is 36.8 Å². The molecule has 1 atom stereocenters. The number of ether oxygens (including phenoxy) is 2. The second-order valence-electron chi connectivity index (χ2n) is 8.43. The zero-order chi connectivity index (χ0) is 22.0. The molecule has 0 spiro atoms. The summed E-state index contributed by atoms with van der Waals surface area (Å²) in [4.78, 5) is 23.6. The first-order valence-electron chi connectivity index (χ1n) is 10.6. The highest BCUT2D eigenvalue weighted by molar-refractivity contribution is 6.24. The summed E-state index contributed by atoms with van der Waals surface area (Å²) < 4.78 is 11.9. The van der Waals surface area contributed by atoms with Crippen molar-refractivity contribution in [3.63, 3.8) is 0 Å². The molecule has 1 saturated heterocycles. The number of morpholine rings is 1. The number of anilines is 2. The van der Waals surface area contributed by atoms with Gasteiger partial charge in [-0.25, -0.2) is 9.97 Å². The summed E-state index contributed by atoms with van der Waals surface area (Å²) in [5.41, 5.74) is 8.41. The van der Waals surface area contributed by atoms with Gasteiger partial charge in [0.2, 0.25) is 0 Å². The lowest BCUT2D eigenvalue weighted by Gasteiger charge is -2.31. The second kappa shape index (κ2) is 8.55. The highest BCUT2D eigenvalue weighted by atomic mass is 16.5. The average Bonchev–Trinajstić information content (AvgIpc) is 3.11. The van der Waals surface area contributed by atoms with Crippen molar-refractivity contribution in [2.45, 2.75) is 32.8 Å². The molecule has 2 aromatic rings. The lowest BCUT2D eigenvalue weighted by molar-refractivity contribution is -0.111. The number of nitrogens with zero attached hydrogens (tertiary/aromatic N) is 3. The van der Waals surface area contributed by atoms with Crippen molar-refractivity contribution in [2.75, 3.05) is 36.5 Å². The van der Waals surface area contributed by atoms with Crippen LogP contribution in [0.5, 0.6) is 5.75 Å². The highest BCUT2D eigenvalue weighted by Gasteiger charge is 2.38. The summed E-state index contributed by atoms with van der Waals surface area (Å²) in [5.74, 6) is 1.16. The van der Waals surface area contributed by atoms with Crippen LogP contribution in [0.1, 0.15) is 32.2 Å². The largest absolute Gasteiger partial charge is 0.487 e. The van der Waals surface area contributed by atoms with E-state index >= 15 is 0 Å². The lowest BCUT2D eigenvalue weighted by Crippen LogP contribution is -2.37. The number of carbonyl (C=O) groups is 1. The molecule has 4 rings (SSSR count). The molecule has 1 fully saturated rings. The number of hydrogen-bond acceptors (Lipinski definition) is 7. The van der Waals surface area contributed by atoms with Crippen LogP contribution in [-0.2, 0) is 16.0 Å². The van der Waals surface area contributed by atoms with Crippen LogP contribution < -0.4 is 20.7 Å². The number of rotatable bonds is 5. The topological polar surface area (TPSA) is 103 Å². The predicted octanol–water partition coefficient (Wildman–Crippen LogP) is 2.60. The molecule has 3 N–H and O–H groups in total. The monoisotopic (exact) mass is 423 g/mol. The van der Waals surface area contributed by atoms with Crippen molar-refractivity contribution in [1.82, 2.24) is 9.97 Å². The van der Waals surface area contributed by atoms with Gasteiger partial charge in [0.05, 0.1) is 30.2 Å². The Morgan fingerprint density at radius 3 is 2.61 bits per heavy atom. The van der Waals surface area contributed by atoms with E-state index in [0.29, 0.717) is 19.1 Å². The van der Waals surface area contributed by atoms with E-state index < -0.39 is 0 Å². The first-order chi connectivity index (χ1) is 14.9. The molecule has 0 saturated carbocycles. The van der Waals surface area contributed by atoms with Gasteiger partial charge in [0.15, 0.2) is 5.82 Å². The molecule has 1 aromatic carbocycles. The van der Waals surface area contributed by atoms with Gasteiger partial charge in [-0.15, -0.1) is 0 Å². The van der Waals surface area contributed by atoms with Crippen molar-refractivity contribution in [1.29, 1.82) is 0 Å². The van der Waals surface area contributed by atoms with Crippen LogP contribution in [0, 0.1) is 5.92 Å². The quantitative estimate of drug-likeness (QED) is 0.713. The maximum Gasteiger partial charge on any atom is 0.261 e. The zero-order valence-electron chi connectivity index (χ0n) is 18.2. The Hall–Kier alpha value is -3.13. The molecule has 2 aliphatic rings. The lowest BCUT2D eigenvalue weighted by atomic mass is 9.88. The van der Waals surface area contributed by atoms with Crippen LogP contribution >= 0.6 is 0 Å². The molecule has 8 heteroatoms. The van der Waals surface area contributed by atoms with E-state index in [1.54, 1.807) is 18.5 Å². The molecule has 2 aliphatic heterocycles. The molecule has 0 bridgehead atoms. The van der Waals surface area contributed by atoms with E-state index in [2.05, 4.69) is 41.0 Å². The number of carbonyl (C=O) groups excluding carboxylic acids is 1. The van der Waals surface area contributed by atoms with Gasteiger partial charge in [0, 0.05) is 49.7 Å². The van der Waals surface area contributed by atoms with Gasteiger partial charge in [0.25, 0.3) is 5.91 Å². The van der Waals surface area contributed by atoms with Crippen molar-refractivity contribution in [3.05, 3.63) is 48.2 Å². The third-order valence-corrected chi connectivity index (χ3v) is 6.10. The fourth-order valence-electron chi connectivity index (χ4n) is 3.88. The van der Waals surface area contributed by atoms with Gasteiger partial charge in [-0.2, -0.15) is 0 Å².